The zero-order valence-electron chi connectivity index (χ0n) is 19.1. The number of aliphatic hydroxyl groups excluding tert-OH is 1. The maximum absolute atomic E-state index is 13.3. The highest BCUT2D eigenvalue weighted by Gasteiger charge is 2.47. The molecule has 0 bridgehead atoms. The summed E-state index contributed by atoms with van der Waals surface area (Å²) in [5.41, 5.74) is 3.67. The van der Waals surface area contributed by atoms with E-state index in [0.29, 0.717) is 22.6 Å². The molecule has 1 N–H and O–H groups in total. The number of aromatic nitrogens is 1. The van der Waals surface area contributed by atoms with Crippen LogP contribution in [-0.2, 0) is 9.59 Å². The monoisotopic (exact) mass is 442 g/mol. The van der Waals surface area contributed by atoms with Crippen molar-refractivity contribution < 1.29 is 19.4 Å². The fourth-order valence-corrected chi connectivity index (χ4v) is 4.19. The lowest BCUT2D eigenvalue weighted by Crippen LogP contribution is -2.29. The third-order valence-corrected chi connectivity index (χ3v) is 5.43. The average Bonchev–Trinajstić information content (AvgIpc) is 3.03. The first-order valence-corrected chi connectivity index (χ1v) is 10.8. The average molecular weight is 443 g/mol. The van der Waals surface area contributed by atoms with Gasteiger partial charge in [-0.25, -0.2) is 0 Å². The number of anilines is 1. The summed E-state index contributed by atoms with van der Waals surface area (Å²) in [7, 11) is 0. The lowest BCUT2D eigenvalue weighted by Gasteiger charge is -2.26. The molecule has 33 heavy (non-hydrogen) atoms. The molecule has 3 aromatic rings. The molecule has 0 saturated carbocycles. The van der Waals surface area contributed by atoms with Crippen molar-refractivity contribution in [2.75, 3.05) is 4.90 Å². The van der Waals surface area contributed by atoms with Crippen molar-refractivity contribution >= 4 is 23.1 Å². The molecule has 1 saturated heterocycles. The van der Waals surface area contributed by atoms with Crippen LogP contribution >= 0.6 is 0 Å². The number of amides is 1. The van der Waals surface area contributed by atoms with Crippen LogP contribution in [0.4, 0.5) is 5.69 Å². The van der Waals surface area contributed by atoms with Gasteiger partial charge in [0.25, 0.3) is 11.7 Å². The number of hydrogen-bond donors (Lipinski definition) is 1. The molecule has 1 atom stereocenters. The second-order valence-corrected chi connectivity index (χ2v) is 8.49. The van der Waals surface area contributed by atoms with E-state index in [1.165, 1.54) is 4.90 Å². The van der Waals surface area contributed by atoms with E-state index in [1.807, 2.05) is 45.9 Å². The fourth-order valence-electron chi connectivity index (χ4n) is 4.19. The van der Waals surface area contributed by atoms with Gasteiger partial charge in [-0.05, 0) is 80.8 Å². The summed E-state index contributed by atoms with van der Waals surface area (Å²) in [6, 6.07) is 15.3. The van der Waals surface area contributed by atoms with Gasteiger partial charge in [0.1, 0.15) is 11.5 Å². The van der Waals surface area contributed by atoms with Crippen LogP contribution in [0.5, 0.6) is 5.75 Å². The standard InChI is InChI=1S/C27H26N2O4/c1-16(2)33-22-7-5-6-20(15-22)25(30)23-24(19-8-10-28-11-9-19)29(27(32)26(23)31)21-13-17(3)12-18(4)14-21/h5-16,24,30H,1-4H3/b25-23+. The van der Waals surface area contributed by atoms with E-state index in [1.54, 1.807) is 48.8 Å². The first kappa shape index (κ1) is 22.3. The highest BCUT2D eigenvalue weighted by molar-refractivity contribution is 6.51. The third kappa shape index (κ3) is 4.37. The van der Waals surface area contributed by atoms with Gasteiger partial charge in [0.2, 0.25) is 0 Å². The number of carbonyl (C=O) groups is 2. The summed E-state index contributed by atoms with van der Waals surface area (Å²) in [6.45, 7) is 7.69. The Labute approximate surface area is 193 Å². The van der Waals surface area contributed by atoms with Crippen LogP contribution in [0.2, 0.25) is 0 Å². The van der Waals surface area contributed by atoms with Crippen molar-refractivity contribution in [3.8, 4) is 5.75 Å². The highest BCUT2D eigenvalue weighted by atomic mass is 16.5. The Bertz CT molecular complexity index is 1230. The molecule has 1 aliphatic heterocycles. The number of Topliss-reactive ketones (excluding diaryl/α,β-unsaturated/α-hetero) is 1. The number of carbonyl (C=O) groups excluding carboxylic acids is 2. The molecule has 1 fully saturated rings. The number of rotatable bonds is 5. The molecule has 2 heterocycles. The Balaban J connectivity index is 1.91. The highest BCUT2D eigenvalue weighted by Crippen LogP contribution is 2.42. The Morgan fingerprint density at radius 1 is 1.00 bits per heavy atom. The van der Waals surface area contributed by atoms with E-state index in [2.05, 4.69) is 4.98 Å². The molecule has 0 radical (unpaired) electrons. The van der Waals surface area contributed by atoms with E-state index in [0.717, 1.165) is 11.1 Å². The molecular weight excluding hydrogens is 416 g/mol. The van der Waals surface area contributed by atoms with Gasteiger partial charge in [-0.15, -0.1) is 0 Å². The molecule has 0 aliphatic carbocycles. The fraction of sp³-hybridized carbons (Fsp3) is 0.222. The van der Waals surface area contributed by atoms with E-state index in [4.69, 9.17) is 4.74 Å². The minimum absolute atomic E-state index is 0.0343. The second kappa shape index (κ2) is 8.90. The smallest absolute Gasteiger partial charge is 0.300 e. The van der Waals surface area contributed by atoms with Gasteiger partial charge < -0.3 is 9.84 Å². The molecule has 0 spiro atoms. The number of ketones is 1. The largest absolute Gasteiger partial charge is 0.507 e. The molecule has 168 valence electrons. The number of pyridine rings is 1. The number of hydrogen-bond acceptors (Lipinski definition) is 5. The van der Waals surface area contributed by atoms with Gasteiger partial charge >= 0.3 is 0 Å². The quantitative estimate of drug-likeness (QED) is 0.337. The van der Waals surface area contributed by atoms with Gasteiger partial charge in [-0.3, -0.25) is 19.5 Å². The number of aryl methyl sites for hydroxylation is 2. The van der Waals surface area contributed by atoms with Crippen LogP contribution in [0.25, 0.3) is 5.76 Å². The molecule has 1 amide bonds. The van der Waals surface area contributed by atoms with Gasteiger partial charge in [0.15, 0.2) is 0 Å². The van der Waals surface area contributed by atoms with Crippen molar-refractivity contribution in [2.24, 2.45) is 0 Å². The van der Waals surface area contributed by atoms with Crippen LogP contribution < -0.4 is 9.64 Å². The molecule has 4 rings (SSSR count). The Hall–Kier alpha value is -3.93. The van der Waals surface area contributed by atoms with E-state index in [-0.39, 0.29) is 17.4 Å². The van der Waals surface area contributed by atoms with E-state index < -0.39 is 17.7 Å². The maximum atomic E-state index is 13.3. The van der Waals surface area contributed by atoms with E-state index >= 15 is 0 Å². The first-order valence-electron chi connectivity index (χ1n) is 10.8. The number of nitrogens with zero attached hydrogens (tertiary/aromatic N) is 2. The summed E-state index contributed by atoms with van der Waals surface area (Å²) < 4.78 is 5.74. The Morgan fingerprint density at radius 2 is 1.67 bits per heavy atom. The number of ether oxygens (including phenoxy) is 1. The Morgan fingerprint density at radius 3 is 2.30 bits per heavy atom. The normalized spacial score (nSPS) is 17.6. The molecule has 2 aromatic carbocycles. The minimum atomic E-state index is -0.788. The summed E-state index contributed by atoms with van der Waals surface area (Å²) in [5.74, 6) is -1.09. The zero-order chi connectivity index (χ0) is 23.7. The van der Waals surface area contributed by atoms with Crippen LogP contribution in [0.3, 0.4) is 0 Å². The first-order chi connectivity index (χ1) is 15.8. The van der Waals surface area contributed by atoms with Crippen LogP contribution in [0, 0.1) is 13.8 Å². The molecule has 6 nitrogen and oxygen atoms in total. The predicted molar refractivity (Wildman–Crippen MR) is 127 cm³/mol. The number of benzene rings is 2. The topological polar surface area (TPSA) is 79.7 Å². The third-order valence-electron chi connectivity index (χ3n) is 5.43. The molecule has 1 aromatic heterocycles. The van der Waals surface area contributed by atoms with Crippen molar-refractivity contribution in [3.63, 3.8) is 0 Å². The van der Waals surface area contributed by atoms with Crippen molar-refractivity contribution in [2.45, 2.75) is 39.8 Å². The summed E-state index contributed by atoms with van der Waals surface area (Å²) in [4.78, 5) is 32.0. The minimum Gasteiger partial charge on any atom is -0.507 e. The van der Waals surface area contributed by atoms with Gasteiger partial charge in [-0.1, -0.05) is 18.2 Å². The van der Waals surface area contributed by atoms with Gasteiger partial charge in [0.05, 0.1) is 17.7 Å². The molecule has 1 unspecified atom stereocenters. The zero-order valence-corrected chi connectivity index (χ0v) is 19.1. The van der Waals surface area contributed by atoms with Crippen LogP contribution in [0.1, 0.15) is 42.1 Å². The van der Waals surface area contributed by atoms with Crippen molar-refractivity contribution in [1.29, 1.82) is 0 Å². The lowest BCUT2D eigenvalue weighted by molar-refractivity contribution is -0.132. The van der Waals surface area contributed by atoms with Gasteiger partial charge in [-0.2, -0.15) is 0 Å². The summed E-state index contributed by atoms with van der Waals surface area (Å²) >= 11 is 0. The van der Waals surface area contributed by atoms with Crippen molar-refractivity contribution in [3.05, 3.63) is 94.8 Å². The molecule has 6 heteroatoms. The van der Waals surface area contributed by atoms with Gasteiger partial charge in [0, 0.05) is 23.6 Å². The lowest BCUT2D eigenvalue weighted by atomic mass is 9.95. The predicted octanol–water partition coefficient (Wildman–Crippen LogP) is 5.11. The van der Waals surface area contributed by atoms with Crippen molar-refractivity contribution in [1.82, 2.24) is 4.98 Å². The maximum Gasteiger partial charge on any atom is 0.300 e. The van der Waals surface area contributed by atoms with E-state index in [9.17, 15) is 14.7 Å². The Kier molecular flexibility index (Phi) is 6.01. The van der Waals surface area contributed by atoms with Crippen LogP contribution in [0.15, 0.2) is 72.6 Å². The summed E-state index contributed by atoms with van der Waals surface area (Å²) in [5, 5.41) is 11.3. The molecule has 1 aliphatic rings. The summed E-state index contributed by atoms with van der Waals surface area (Å²) in [6.07, 6.45) is 3.16. The van der Waals surface area contributed by atoms with Crippen LogP contribution in [-0.4, -0.2) is 27.9 Å². The second-order valence-electron chi connectivity index (χ2n) is 8.49. The SMILES string of the molecule is Cc1cc(C)cc(N2C(=O)C(=O)/C(=C(/O)c3cccc(OC(C)C)c3)C2c2ccncc2)c1. The number of aliphatic hydroxyl groups is 1. The molecular formula is C27H26N2O4.